The van der Waals surface area contributed by atoms with E-state index in [0.717, 1.165) is 12.2 Å². The number of ether oxygens (including phenoxy) is 1. The second-order valence-electron chi connectivity index (χ2n) is 2.80. The van der Waals surface area contributed by atoms with Crippen molar-refractivity contribution in [1.29, 1.82) is 0 Å². The van der Waals surface area contributed by atoms with Gasteiger partial charge >= 0.3 is 5.97 Å². The van der Waals surface area contributed by atoms with Gasteiger partial charge in [-0.2, -0.15) is 12.6 Å². The van der Waals surface area contributed by atoms with Gasteiger partial charge in [-0.15, -0.1) is 0 Å². The van der Waals surface area contributed by atoms with Crippen molar-refractivity contribution in [2.45, 2.75) is 6.42 Å². The van der Waals surface area contributed by atoms with Gasteiger partial charge in [-0.05, 0) is 29.9 Å². The number of hydrogen-bond donors (Lipinski definition) is 2. The average Bonchev–Trinajstić information content (AvgIpc) is 2.17. The summed E-state index contributed by atoms with van der Waals surface area (Å²) in [5, 5.41) is 8.38. The first-order valence-corrected chi connectivity index (χ1v) is 4.90. The average molecular weight is 212 g/mol. The lowest BCUT2D eigenvalue weighted by molar-refractivity contribution is -0.139. The first-order chi connectivity index (χ1) is 6.72. The fraction of sp³-hybridized carbons (Fsp3) is 0.300. The van der Waals surface area contributed by atoms with Crippen molar-refractivity contribution in [2.75, 3.05) is 12.4 Å². The fourth-order valence-corrected chi connectivity index (χ4v) is 1.28. The number of aliphatic carboxylic acids is 1. The van der Waals surface area contributed by atoms with Gasteiger partial charge in [-0.1, -0.05) is 12.1 Å². The SMILES string of the molecule is O=C(O)COc1ccc(CCS)cc1. The first kappa shape index (κ1) is 10.9. The van der Waals surface area contributed by atoms with Crippen LogP contribution in [0.5, 0.6) is 5.75 Å². The lowest BCUT2D eigenvalue weighted by Crippen LogP contribution is -2.09. The molecule has 1 rings (SSSR count). The Balaban J connectivity index is 2.50. The fourth-order valence-electron chi connectivity index (χ4n) is 1.03. The molecule has 0 saturated heterocycles. The molecule has 3 nitrogen and oxygen atoms in total. The Morgan fingerprint density at radius 2 is 2.00 bits per heavy atom. The molecular weight excluding hydrogens is 200 g/mol. The normalized spacial score (nSPS) is 9.79. The van der Waals surface area contributed by atoms with E-state index in [1.807, 2.05) is 12.1 Å². The number of carbonyl (C=O) groups is 1. The van der Waals surface area contributed by atoms with Gasteiger partial charge in [0.1, 0.15) is 5.75 Å². The van der Waals surface area contributed by atoms with Crippen molar-refractivity contribution in [2.24, 2.45) is 0 Å². The molecule has 1 aromatic carbocycles. The molecule has 1 N–H and O–H groups in total. The van der Waals surface area contributed by atoms with Crippen LogP contribution in [0.3, 0.4) is 0 Å². The third-order valence-electron chi connectivity index (χ3n) is 1.69. The maximum atomic E-state index is 10.2. The molecule has 0 amide bonds. The van der Waals surface area contributed by atoms with Crippen LogP contribution in [0.2, 0.25) is 0 Å². The van der Waals surface area contributed by atoms with E-state index in [0.29, 0.717) is 5.75 Å². The minimum absolute atomic E-state index is 0.300. The Kier molecular flexibility index (Phi) is 4.32. The van der Waals surface area contributed by atoms with Gasteiger partial charge in [0.05, 0.1) is 0 Å². The van der Waals surface area contributed by atoms with E-state index in [4.69, 9.17) is 9.84 Å². The van der Waals surface area contributed by atoms with E-state index < -0.39 is 5.97 Å². The Morgan fingerprint density at radius 3 is 2.50 bits per heavy atom. The summed E-state index contributed by atoms with van der Waals surface area (Å²) >= 11 is 4.12. The minimum Gasteiger partial charge on any atom is -0.482 e. The van der Waals surface area contributed by atoms with Gasteiger partial charge in [-0.25, -0.2) is 4.79 Å². The van der Waals surface area contributed by atoms with E-state index in [9.17, 15) is 4.79 Å². The summed E-state index contributed by atoms with van der Waals surface area (Å²) < 4.78 is 4.98. The summed E-state index contributed by atoms with van der Waals surface area (Å²) in [5.41, 5.74) is 1.17. The van der Waals surface area contributed by atoms with Gasteiger partial charge in [-0.3, -0.25) is 0 Å². The number of thiol groups is 1. The second-order valence-corrected chi connectivity index (χ2v) is 3.25. The lowest BCUT2D eigenvalue weighted by Gasteiger charge is -2.03. The molecule has 14 heavy (non-hydrogen) atoms. The molecule has 0 aromatic heterocycles. The largest absolute Gasteiger partial charge is 0.482 e. The standard InChI is InChI=1S/C10H12O3S/c11-10(12)7-13-9-3-1-8(2-4-9)5-6-14/h1-4,14H,5-7H2,(H,11,12). The van der Waals surface area contributed by atoms with Crippen LogP contribution in [0.25, 0.3) is 0 Å². The van der Waals surface area contributed by atoms with Crippen molar-refractivity contribution >= 4 is 18.6 Å². The van der Waals surface area contributed by atoms with Crippen molar-refractivity contribution < 1.29 is 14.6 Å². The van der Waals surface area contributed by atoms with Crippen LogP contribution >= 0.6 is 12.6 Å². The highest BCUT2D eigenvalue weighted by Crippen LogP contribution is 2.12. The highest BCUT2D eigenvalue weighted by Gasteiger charge is 1.98. The summed E-state index contributed by atoms with van der Waals surface area (Å²) in [4.78, 5) is 10.2. The number of carboxylic acid groups (broad SMARTS) is 1. The van der Waals surface area contributed by atoms with Crippen LogP contribution < -0.4 is 4.74 Å². The molecule has 0 atom stereocenters. The van der Waals surface area contributed by atoms with Crippen molar-refractivity contribution in [1.82, 2.24) is 0 Å². The Hall–Kier alpha value is -1.16. The zero-order valence-corrected chi connectivity index (χ0v) is 8.54. The van der Waals surface area contributed by atoms with Crippen molar-refractivity contribution in [3.63, 3.8) is 0 Å². The predicted octanol–water partition coefficient (Wildman–Crippen LogP) is 1.62. The predicted molar refractivity (Wildman–Crippen MR) is 57.1 cm³/mol. The lowest BCUT2D eigenvalue weighted by atomic mass is 10.2. The highest BCUT2D eigenvalue weighted by molar-refractivity contribution is 7.80. The van der Waals surface area contributed by atoms with Gasteiger partial charge in [0.15, 0.2) is 6.61 Å². The Morgan fingerprint density at radius 1 is 1.36 bits per heavy atom. The summed E-state index contributed by atoms with van der Waals surface area (Å²) in [5.74, 6) is 0.412. The van der Waals surface area contributed by atoms with E-state index in [-0.39, 0.29) is 6.61 Å². The zero-order valence-electron chi connectivity index (χ0n) is 7.64. The van der Waals surface area contributed by atoms with Gasteiger partial charge < -0.3 is 9.84 Å². The number of rotatable bonds is 5. The molecule has 0 aliphatic carbocycles. The second kappa shape index (κ2) is 5.54. The van der Waals surface area contributed by atoms with Crippen molar-refractivity contribution in [3.05, 3.63) is 29.8 Å². The van der Waals surface area contributed by atoms with Crippen LogP contribution in [0.4, 0.5) is 0 Å². The van der Waals surface area contributed by atoms with Crippen LogP contribution in [0, 0.1) is 0 Å². The van der Waals surface area contributed by atoms with Crippen LogP contribution in [0.1, 0.15) is 5.56 Å². The first-order valence-electron chi connectivity index (χ1n) is 4.27. The smallest absolute Gasteiger partial charge is 0.341 e. The maximum absolute atomic E-state index is 10.2. The molecule has 4 heteroatoms. The van der Waals surface area contributed by atoms with E-state index in [2.05, 4.69) is 12.6 Å². The molecule has 0 aliphatic heterocycles. The third kappa shape index (κ3) is 3.70. The number of carboxylic acids is 1. The van der Waals surface area contributed by atoms with Crippen LogP contribution in [0.15, 0.2) is 24.3 Å². The molecule has 76 valence electrons. The number of benzene rings is 1. The van der Waals surface area contributed by atoms with E-state index in [1.54, 1.807) is 12.1 Å². The van der Waals surface area contributed by atoms with Gasteiger partial charge in [0.2, 0.25) is 0 Å². The number of aryl methyl sites for hydroxylation is 1. The Bertz CT molecular complexity index is 295. The minimum atomic E-state index is -0.968. The topological polar surface area (TPSA) is 46.5 Å². The van der Waals surface area contributed by atoms with E-state index >= 15 is 0 Å². The van der Waals surface area contributed by atoms with Crippen molar-refractivity contribution in [3.8, 4) is 5.75 Å². The summed E-state index contributed by atoms with van der Waals surface area (Å²) in [6.07, 6.45) is 0.905. The third-order valence-corrected chi connectivity index (χ3v) is 1.91. The highest BCUT2D eigenvalue weighted by atomic mass is 32.1. The molecule has 1 aromatic rings. The molecule has 0 unspecified atom stereocenters. The van der Waals surface area contributed by atoms with Gasteiger partial charge in [0.25, 0.3) is 0 Å². The molecular formula is C10H12O3S. The molecule has 0 aliphatic rings. The molecule has 0 spiro atoms. The molecule has 0 fully saturated rings. The summed E-state index contributed by atoms with van der Waals surface area (Å²) in [6.45, 7) is -0.300. The Labute approximate surface area is 88.1 Å². The van der Waals surface area contributed by atoms with Crippen LogP contribution in [-0.4, -0.2) is 23.4 Å². The summed E-state index contributed by atoms with van der Waals surface area (Å²) in [7, 11) is 0. The van der Waals surface area contributed by atoms with Crippen LogP contribution in [-0.2, 0) is 11.2 Å². The van der Waals surface area contributed by atoms with Gasteiger partial charge in [0, 0.05) is 0 Å². The van der Waals surface area contributed by atoms with E-state index in [1.165, 1.54) is 5.56 Å². The maximum Gasteiger partial charge on any atom is 0.341 e. The molecule has 0 radical (unpaired) electrons. The monoisotopic (exact) mass is 212 g/mol. The quantitative estimate of drug-likeness (QED) is 0.729. The zero-order chi connectivity index (χ0) is 10.4. The number of hydrogen-bond acceptors (Lipinski definition) is 3. The summed E-state index contributed by atoms with van der Waals surface area (Å²) in [6, 6.07) is 7.35. The molecule has 0 saturated carbocycles. The molecule has 0 bridgehead atoms. The molecule has 0 heterocycles.